The summed E-state index contributed by atoms with van der Waals surface area (Å²) in [5, 5.41) is 13.2. The molecule has 106 valence electrons. The molecule has 1 aliphatic rings. The molecular weight excluding hydrogens is 256 g/mol. The summed E-state index contributed by atoms with van der Waals surface area (Å²) in [6.45, 7) is 4.24. The van der Waals surface area contributed by atoms with E-state index in [1.807, 2.05) is 18.2 Å². The van der Waals surface area contributed by atoms with Gasteiger partial charge in [0, 0.05) is 11.7 Å². The second-order valence-corrected chi connectivity index (χ2v) is 6.13. The van der Waals surface area contributed by atoms with Crippen LogP contribution in [0.5, 0.6) is 0 Å². The lowest BCUT2D eigenvalue weighted by molar-refractivity contribution is 0.289. The summed E-state index contributed by atoms with van der Waals surface area (Å²) in [5.41, 5.74) is 4.57. The monoisotopic (exact) mass is 276 g/mol. The number of aryl methyl sites for hydroxylation is 2. The fourth-order valence-electron chi connectivity index (χ4n) is 3.23. The SMILES string of the molecule is Cc1ccc(NC2CC(C#N)(c3ccccc3)C2)c(C)c1. The molecule has 0 aromatic heterocycles. The molecule has 0 unspecified atom stereocenters. The van der Waals surface area contributed by atoms with Crippen LogP contribution < -0.4 is 5.32 Å². The van der Waals surface area contributed by atoms with Crippen molar-refractivity contribution in [2.75, 3.05) is 5.32 Å². The van der Waals surface area contributed by atoms with Crippen LogP contribution in [0.1, 0.15) is 29.5 Å². The first kappa shape index (κ1) is 13.7. The summed E-state index contributed by atoms with van der Waals surface area (Å²) >= 11 is 0. The molecule has 0 heterocycles. The largest absolute Gasteiger partial charge is 0.382 e. The Hall–Kier alpha value is -2.27. The summed E-state index contributed by atoms with van der Waals surface area (Å²) < 4.78 is 0. The van der Waals surface area contributed by atoms with E-state index in [0.29, 0.717) is 6.04 Å². The summed E-state index contributed by atoms with van der Waals surface area (Å²) in [4.78, 5) is 0. The molecule has 2 heteroatoms. The molecule has 0 spiro atoms. The van der Waals surface area contributed by atoms with E-state index in [2.05, 4.69) is 55.6 Å². The molecule has 0 aliphatic heterocycles. The van der Waals surface area contributed by atoms with Crippen LogP contribution in [-0.2, 0) is 5.41 Å². The van der Waals surface area contributed by atoms with Gasteiger partial charge in [-0.1, -0.05) is 48.0 Å². The van der Waals surface area contributed by atoms with Crippen molar-refractivity contribution >= 4 is 5.69 Å². The molecule has 1 aliphatic carbocycles. The predicted molar refractivity (Wildman–Crippen MR) is 86.3 cm³/mol. The zero-order chi connectivity index (χ0) is 14.9. The molecule has 2 nitrogen and oxygen atoms in total. The zero-order valence-corrected chi connectivity index (χ0v) is 12.6. The highest BCUT2D eigenvalue weighted by molar-refractivity contribution is 5.54. The van der Waals surface area contributed by atoms with Crippen molar-refractivity contribution in [3.05, 3.63) is 65.2 Å². The van der Waals surface area contributed by atoms with Crippen LogP contribution in [0.4, 0.5) is 5.69 Å². The van der Waals surface area contributed by atoms with E-state index in [-0.39, 0.29) is 5.41 Å². The maximum atomic E-state index is 9.59. The summed E-state index contributed by atoms with van der Waals surface area (Å²) in [5.74, 6) is 0. The third kappa shape index (κ3) is 2.52. The Morgan fingerprint density at radius 2 is 1.81 bits per heavy atom. The van der Waals surface area contributed by atoms with Crippen molar-refractivity contribution in [1.82, 2.24) is 0 Å². The van der Waals surface area contributed by atoms with E-state index in [9.17, 15) is 5.26 Å². The average Bonchev–Trinajstić information content (AvgIpc) is 2.45. The van der Waals surface area contributed by atoms with Gasteiger partial charge >= 0.3 is 0 Å². The minimum atomic E-state index is -0.308. The van der Waals surface area contributed by atoms with Crippen molar-refractivity contribution in [3.8, 4) is 6.07 Å². The second-order valence-electron chi connectivity index (χ2n) is 6.13. The van der Waals surface area contributed by atoms with Crippen LogP contribution in [0.3, 0.4) is 0 Å². The van der Waals surface area contributed by atoms with Crippen LogP contribution in [0, 0.1) is 25.2 Å². The van der Waals surface area contributed by atoms with Gasteiger partial charge in [0.15, 0.2) is 0 Å². The van der Waals surface area contributed by atoms with Crippen LogP contribution in [0.2, 0.25) is 0 Å². The van der Waals surface area contributed by atoms with Gasteiger partial charge in [-0.15, -0.1) is 0 Å². The first-order chi connectivity index (χ1) is 10.1. The standard InChI is InChI=1S/C19H20N2/c1-14-8-9-18(15(2)10-14)21-17-11-19(12-17,13-20)16-6-4-3-5-7-16/h3-10,17,21H,11-12H2,1-2H3. The molecule has 21 heavy (non-hydrogen) atoms. The van der Waals surface area contributed by atoms with Gasteiger partial charge in [-0.2, -0.15) is 5.26 Å². The van der Waals surface area contributed by atoms with Crippen LogP contribution in [0.25, 0.3) is 0 Å². The number of nitrogens with one attached hydrogen (secondary N) is 1. The normalized spacial score (nSPS) is 24.0. The molecule has 3 rings (SSSR count). The minimum absolute atomic E-state index is 0.308. The second kappa shape index (κ2) is 5.26. The number of hydrogen-bond acceptors (Lipinski definition) is 2. The van der Waals surface area contributed by atoms with Crippen molar-refractivity contribution in [3.63, 3.8) is 0 Å². The molecule has 1 N–H and O–H groups in total. The topological polar surface area (TPSA) is 35.8 Å². The van der Waals surface area contributed by atoms with E-state index >= 15 is 0 Å². The van der Waals surface area contributed by atoms with E-state index in [4.69, 9.17) is 0 Å². The Labute approximate surface area is 126 Å². The first-order valence-electron chi connectivity index (χ1n) is 7.43. The first-order valence-corrected chi connectivity index (χ1v) is 7.43. The van der Waals surface area contributed by atoms with Crippen molar-refractivity contribution in [2.45, 2.75) is 38.1 Å². The number of hydrogen-bond donors (Lipinski definition) is 1. The van der Waals surface area contributed by atoms with E-state index in [1.54, 1.807) is 0 Å². The van der Waals surface area contributed by atoms with Gasteiger partial charge < -0.3 is 5.32 Å². The lowest BCUT2D eigenvalue weighted by atomic mass is 9.62. The molecule has 1 fully saturated rings. The lowest BCUT2D eigenvalue weighted by Crippen LogP contribution is -2.47. The molecule has 2 aromatic rings. The number of rotatable bonds is 3. The Morgan fingerprint density at radius 1 is 1.10 bits per heavy atom. The van der Waals surface area contributed by atoms with Gasteiger partial charge in [-0.25, -0.2) is 0 Å². The Kier molecular flexibility index (Phi) is 3.43. The number of benzene rings is 2. The molecule has 2 aromatic carbocycles. The number of nitrogens with zero attached hydrogens (tertiary/aromatic N) is 1. The minimum Gasteiger partial charge on any atom is -0.382 e. The van der Waals surface area contributed by atoms with Crippen molar-refractivity contribution in [2.24, 2.45) is 0 Å². The van der Waals surface area contributed by atoms with E-state index in [1.165, 1.54) is 16.8 Å². The molecule has 0 atom stereocenters. The fourth-order valence-corrected chi connectivity index (χ4v) is 3.23. The van der Waals surface area contributed by atoms with Gasteiger partial charge in [0.2, 0.25) is 0 Å². The third-order valence-electron chi connectivity index (χ3n) is 4.47. The highest BCUT2D eigenvalue weighted by Gasteiger charge is 2.46. The smallest absolute Gasteiger partial charge is 0.0861 e. The number of anilines is 1. The van der Waals surface area contributed by atoms with Crippen molar-refractivity contribution < 1.29 is 0 Å². The fraction of sp³-hybridized carbons (Fsp3) is 0.316. The molecule has 0 saturated heterocycles. The maximum Gasteiger partial charge on any atom is 0.0861 e. The van der Waals surface area contributed by atoms with E-state index in [0.717, 1.165) is 18.4 Å². The summed E-state index contributed by atoms with van der Waals surface area (Å²) in [6.07, 6.45) is 1.75. The van der Waals surface area contributed by atoms with Gasteiger partial charge in [-0.3, -0.25) is 0 Å². The quantitative estimate of drug-likeness (QED) is 0.905. The molecule has 1 saturated carbocycles. The van der Waals surface area contributed by atoms with Crippen LogP contribution in [-0.4, -0.2) is 6.04 Å². The predicted octanol–water partition coefficient (Wildman–Crippen LogP) is 4.34. The molecule has 0 radical (unpaired) electrons. The van der Waals surface area contributed by atoms with Crippen molar-refractivity contribution in [1.29, 1.82) is 5.26 Å². The molecule has 0 bridgehead atoms. The highest BCUT2D eigenvalue weighted by Crippen LogP contribution is 2.44. The number of nitriles is 1. The maximum absolute atomic E-state index is 9.59. The third-order valence-corrected chi connectivity index (χ3v) is 4.47. The highest BCUT2D eigenvalue weighted by atomic mass is 14.9. The van der Waals surface area contributed by atoms with Gasteiger partial charge in [0.25, 0.3) is 0 Å². The van der Waals surface area contributed by atoms with Gasteiger partial charge in [-0.05, 0) is 43.9 Å². The zero-order valence-electron chi connectivity index (χ0n) is 12.6. The van der Waals surface area contributed by atoms with Crippen LogP contribution in [0.15, 0.2) is 48.5 Å². The average molecular weight is 276 g/mol. The molecular formula is C19H20N2. The summed E-state index contributed by atoms with van der Waals surface area (Å²) in [6, 6.07) is 19.5. The summed E-state index contributed by atoms with van der Waals surface area (Å²) in [7, 11) is 0. The Morgan fingerprint density at radius 3 is 2.43 bits per heavy atom. The van der Waals surface area contributed by atoms with Crippen LogP contribution >= 0.6 is 0 Å². The Bertz CT molecular complexity index is 676. The molecule has 0 amide bonds. The Balaban J connectivity index is 1.71. The lowest BCUT2D eigenvalue weighted by Gasteiger charge is -2.44. The van der Waals surface area contributed by atoms with Gasteiger partial charge in [0.1, 0.15) is 0 Å². The van der Waals surface area contributed by atoms with E-state index < -0.39 is 0 Å². The van der Waals surface area contributed by atoms with Gasteiger partial charge in [0.05, 0.1) is 11.5 Å².